The number of aryl methyl sites for hydroxylation is 2. The zero-order valence-corrected chi connectivity index (χ0v) is 80.3. The first-order valence-electron chi connectivity index (χ1n) is 49.3. The van der Waals surface area contributed by atoms with Crippen LogP contribution in [0.15, 0.2) is 437 Å². The average molecular weight is 1910 g/mol. The van der Waals surface area contributed by atoms with Gasteiger partial charge in [-0.15, -0.1) is 0 Å². The van der Waals surface area contributed by atoms with Gasteiger partial charge < -0.3 is 66.2 Å². The van der Waals surface area contributed by atoms with Crippen molar-refractivity contribution in [2.24, 2.45) is 11.8 Å². The minimum absolute atomic E-state index is 0.0274. The Morgan fingerprint density at radius 2 is 0.552 bits per heavy atom. The van der Waals surface area contributed by atoms with E-state index in [0.717, 1.165) is 96.6 Å². The van der Waals surface area contributed by atoms with Crippen molar-refractivity contribution in [3.63, 3.8) is 0 Å². The number of benzene rings is 18. The molecule has 0 radical (unpaired) electrons. The van der Waals surface area contributed by atoms with E-state index in [1.54, 1.807) is 152 Å². The third kappa shape index (κ3) is 17.4. The lowest BCUT2D eigenvalue weighted by Crippen LogP contribution is -2.41. The molecule has 18 aromatic carbocycles. The number of amides is 1. The maximum Gasteiger partial charge on any atom is 0.340 e. The van der Waals surface area contributed by atoms with Gasteiger partial charge in [0, 0.05) is 33.1 Å². The van der Waals surface area contributed by atoms with Crippen molar-refractivity contribution >= 4 is 11.9 Å². The van der Waals surface area contributed by atoms with Crippen LogP contribution in [0.1, 0.15) is 207 Å². The van der Waals surface area contributed by atoms with Gasteiger partial charge in [0.1, 0.15) is 69.1 Å². The number of esters is 1. The Kier molecular flexibility index (Phi) is 26.2. The van der Waals surface area contributed by atoms with Gasteiger partial charge >= 0.3 is 5.97 Å². The highest BCUT2D eigenvalue weighted by atomic mass is 16.6. The molecule has 3 saturated carbocycles. The van der Waals surface area contributed by atoms with Crippen LogP contribution in [0.5, 0.6) is 57.5 Å². The molecule has 3 fully saturated rings. The summed E-state index contributed by atoms with van der Waals surface area (Å²) in [6, 6.07) is 138. The number of rotatable bonds is 12. The van der Waals surface area contributed by atoms with Crippen LogP contribution in [0.2, 0.25) is 0 Å². The number of phenolic OH excluding ortho intramolecular Hbond substituents is 10. The number of carbonyl (C=O) groups excluding carboxylic acids is 2. The van der Waals surface area contributed by atoms with E-state index < -0.39 is 28.1 Å². The van der Waals surface area contributed by atoms with Crippen molar-refractivity contribution < 1.29 is 70.5 Å². The summed E-state index contributed by atoms with van der Waals surface area (Å²) in [7, 11) is 0. The van der Waals surface area contributed by atoms with Crippen molar-refractivity contribution in [3.8, 4) is 68.6 Å². The number of hydrogen-bond donors (Lipinski definition) is 12. The smallest absolute Gasteiger partial charge is 0.340 e. The molecule has 2 aliphatic heterocycles. The van der Waals surface area contributed by atoms with E-state index in [2.05, 4.69) is 116 Å². The molecule has 2 bridgehead atoms. The molecule has 12 N–H and O–H groups in total. The van der Waals surface area contributed by atoms with Crippen LogP contribution in [0.4, 0.5) is 0 Å². The molecule has 7 aliphatic rings. The van der Waals surface area contributed by atoms with Crippen LogP contribution in [0.25, 0.3) is 11.1 Å². The highest BCUT2D eigenvalue weighted by Gasteiger charge is 2.55. The fourth-order valence-corrected chi connectivity index (χ4v) is 24.1. The van der Waals surface area contributed by atoms with Crippen LogP contribution in [-0.2, 0) is 37.5 Å². The summed E-state index contributed by atoms with van der Waals surface area (Å²) in [6.45, 7) is 4.11. The molecule has 2 heterocycles. The molecule has 2 unspecified atom stereocenters. The Morgan fingerprint density at radius 1 is 0.269 bits per heavy atom. The Labute approximate surface area is 843 Å². The molecule has 18 aromatic rings. The number of aliphatic hydroxyl groups is 1. The van der Waals surface area contributed by atoms with Crippen molar-refractivity contribution in [2.75, 3.05) is 0 Å². The van der Waals surface area contributed by atoms with E-state index in [1.807, 2.05) is 188 Å². The predicted octanol–water partition coefficient (Wildman–Crippen LogP) is 26.8. The van der Waals surface area contributed by atoms with E-state index in [9.17, 15) is 65.8 Å². The second-order valence-electron chi connectivity index (χ2n) is 38.9. The molecule has 15 nitrogen and oxygen atoms in total. The van der Waals surface area contributed by atoms with Gasteiger partial charge in [0.05, 0.1) is 16.4 Å². The predicted molar refractivity (Wildman–Crippen MR) is 566 cm³/mol. The van der Waals surface area contributed by atoms with E-state index in [-0.39, 0.29) is 57.2 Å². The first-order chi connectivity index (χ1) is 70.4. The summed E-state index contributed by atoms with van der Waals surface area (Å²) in [6.07, 6.45) is 10.4. The van der Waals surface area contributed by atoms with E-state index in [4.69, 9.17) is 4.74 Å². The van der Waals surface area contributed by atoms with Crippen LogP contribution >= 0.6 is 0 Å². The Morgan fingerprint density at radius 3 is 0.897 bits per heavy atom. The quantitative estimate of drug-likeness (QED) is 0.0507. The Bertz CT molecular complexity index is 7150. The van der Waals surface area contributed by atoms with Crippen LogP contribution < -0.4 is 5.32 Å². The molecule has 2 atom stereocenters. The summed E-state index contributed by atoms with van der Waals surface area (Å²) < 4.78 is 6.03. The van der Waals surface area contributed by atoms with Crippen LogP contribution in [-0.4, -0.2) is 68.0 Å². The van der Waals surface area contributed by atoms with Crippen LogP contribution in [0.3, 0.4) is 0 Å². The molecule has 0 saturated heterocycles. The zero-order chi connectivity index (χ0) is 100. The second kappa shape index (κ2) is 39.7. The van der Waals surface area contributed by atoms with Gasteiger partial charge in [0.25, 0.3) is 5.91 Å². The number of carbonyl (C=O) groups is 2. The molecule has 0 spiro atoms. The standard InChI is InChI=1S/C26H20O3.C25H18O2.C22H18O2.C20H15NO3.C19H20O2.C18H20O2/c27-19-13-9-17(10-14-19)26(18-11-15-20(28)16-12-18)23-7-3-1-5-21(23)25(29)22-6-2-4-8-24(22)26;26-19-13-9-17(10-14-19)25(18-11-15-20(27)16-12-18)23-7-3-1-5-21(23)22-6-2-4-8-24(22)25;1-15-7-11-17(12-8-15)22(18-13-9-16(2)10-14-18)20-6-4-3-5-19(20)21(23)24-22;22-15-9-5-13(6-10-15)20(14-7-11-16(23)12-8-14)18-4-2-1-3-17(18)19(24)21-20;20-17-7-3-14(4-8-17)19(12-13-1-2-16(19)11-13)15-5-9-18(21)10-6-15;19-16-8-4-14(5-9-16)18(12-2-1-3-13-18)15-6-10-17(20)11-7-15/h1-16,25,27-29H;1-16,26-27H;3-14H,1-2H3;1-12,22-23H,(H,21,24);3-10,13,16,20-21H,1-2,11-12H2;4-11,19-20H,1-3,12-13H2. The maximum atomic E-state index is 12.6. The first-order valence-corrected chi connectivity index (χ1v) is 49.3. The molecule has 0 aromatic heterocycles. The van der Waals surface area contributed by atoms with Gasteiger partial charge in [0.2, 0.25) is 0 Å². The van der Waals surface area contributed by atoms with Crippen molar-refractivity contribution in [3.05, 3.63) is 570 Å². The van der Waals surface area contributed by atoms with Gasteiger partial charge in [-0.2, -0.15) is 0 Å². The van der Waals surface area contributed by atoms with Crippen LogP contribution in [0, 0.1) is 25.7 Å². The van der Waals surface area contributed by atoms with Crippen molar-refractivity contribution in [2.45, 2.75) is 111 Å². The van der Waals surface area contributed by atoms with Gasteiger partial charge in [-0.05, 0) is 297 Å². The lowest BCUT2D eigenvalue weighted by Gasteiger charge is -2.43. The fraction of sp³-hybridized carbons (Fsp3) is 0.154. The monoisotopic (exact) mass is 1910 g/mol. The summed E-state index contributed by atoms with van der Waals surface area (Å²) in [5.74, 6) is 3.57. The lowest BCUT2D eigenvalue weighted by atomic mass is 9.59. The molecule has 145 heavy (non-hydrogen) atoms. The summed E-state index contributed by atoms with van der Waals surface area (Å²) >= 11 is 0. The number of hydrogen-bond acceptors (Lipinski definition) is 14. The number of aromatic hydroxyl groups is 10. The zero-order valence-electron chi connectivity index (χ0n) is 80.3. The molecule has 15 heteroatoms. The number of fused-ring (bicyclic) bond motifs is 9. The summed E-state index contributed by atoms with van der Waals surface area (Å²) in [5.41, 5.74) is 24.0. The fourth-order valence-electron chi connectivity index (χ4n) is 24.1. The molecule has 1 amide bonds. The number of phenols is 10. The van der Waals surface area contributed by atoms with Gasteiger partial charge in [-0.1, -0.05) is 340 Å². The molecule has 25 rings (SSSR count). The third-order valence-electron chi connectivity index (χ3n) is 30.8. The second-order valence-corrected chi connectivity index (χ2v) is 38.9. The molecular weight excluding hydrogens is 1800 g/mol. The minimum Gasteiger partial charge on any atom is -0.508 e. The van der Waals surface area contributed by atoms with E-state index >= 15 is 0 Å². The molecule has 5 aliphatic carbocycles. The SMILES string of the molecule is Cc1ccc(C2(c3ccc(C)cc3)OC(=O)c3ccccc32)cc1.O=C1NC(c2ccc(O)cc2)(c2ccc(O)cc2)c2ccccc21.Oc1ccc(C2(c3ccc(O)cc3)CC3CCC2C3)cc1.Oc1ccc(C2(c3ccc(O)cc3)CCCCC2)cc1.Oc1ccc(C2(c3ccc(O)cc3)c3ccccc3-c3ccccc32)cc1.Oc1ccc(C2(c3ccc(O)cc3)c3ccccc3C(O)c3ccccc32)cc1. The highest BCUT2D eigenvalue weighted by Crippen LogP contribution is 2.62. The number of aliphatic hydroxyl groups excluding tert-OH is 1. The third-order valence-corrected chi connectivity index (χ3v) is 30.8. The topological polar surface area (TPSA) is 278 Å². The lowest BCUT2D eigenvalue weighted by molar-refractivity contribution is 0.0251. The summed E-state index contributed by atoms with van der Waals surface area (Å²) in [4.78, 5) is 25.1. The Balaban J connectivity index is 0.000000106. The van der Waals surface area contributed by atoms with Gasteiger partial charge in [-0.25, -0.2) is 4.79 Å². The number of nitrogens with one attached hydrogen (secondary N) is 1. The Hall–Kier alpha value is -17.1. The average Bonchev–Trinajstić information content (AvgIpc) is 1.37. The molecular formula is C130H111NO14. The van der Waals surface area contributed by atoms with Crippen molar-refractivity contribution in [1.82, 2.24) is 5.32 Å². The van der Waals surface area contributed by atoms with Gasteiger partial charge in [0.15, 0.2) is 5.60 Å². The van der Waals surface area contributed by atoms with E-state index in [1.165, 1.54) is 101 Å². The molecule has 720 valence electrons. The van der Waals surface area contributed by atoms with Gasteiger partial charge in [-0.3, -0.25) is 4.79 Å². The first kappa shape index (κ1) is 95.4. The highest BCUT2D eigenvalue weighted by molar-refractivity contribution is 6.02. The normalized spacial score (nSPS) is 16.7. The largest absolute Gasteiger partial charge is 0.508 e. The maximum absolute atomic E-state index is 12.6. The number of ether oxygens (including phenoxy) is 1. The van der Waals surface area contributed by atoms with Crippen molar-refractivity contribution in [1.29, 1.82) is 0 Å². The summed E-state index contributed by atoms with van der Waals surface area (Å²) in [5, 5.41) is 111. The van der Waals surface area contributed by atoms with E-state index in [0.29, 0.717) is 40.0 Å². The minimum atomic E-state index is -0.880. The number of cyclic esters (lactones) is 1.